The van der Waals surface area contributed by atoms with Gasteiger partial charge in [0.2, 0.25) is 12.7 Å². The number of hydrogen-bond donors (Lipinski definition) is 2. The van der Waals surface area contributed by atoms with Crippen LogP contribution in [0.3, 0.4) is 0 Å². The number of nitrogens with one attached hydrogen (secondary N) is 1. The van der Waals surface area contributed by atoms with Crippen LogP contribution in [0.4, 0.5) is 5.69 Å². The number of nitrogens with two attached hydrogens (primary N) is 1. The maximum absolute atomic E-state index is 12.2. The Bertz CT molecular complexity index is 500. The van der Waals surface area contributed by atoms with Crippen molar-refractivity contribution in [2.24, 2.45) is 11.7 Å². The summed E-state index contributed by atoms with van der Waals surface area (Å²) in [5, 5.41) is 2.83. The summed E-state index contributed by atoms with van der Waals surface area (Å²) in [5.74, 6) is 1.34. The summed E-state index contributed by atoms with van der Waals surface area (Å²) in [6, 6.07) is 4.79. The van der Waals surface area contributed by atoms with Crippen LogP contribution < -0.4 is 20.5 Å². The van der Waals surface area contributed by atoms with Crippen molar-refractivity contribution >= 4 is 11.6 Å². The summed E-state index contributed by atoms with van der Waals surface area (Å²) < 4.78 is 15.8. The van der Waals surface area contributed by atoms with Gasteiger partial charge in [-0.1, -0.05) is 0 Å². The first kappa shape index (κ1) is 13.2. The standard InChI is InChI=1S/C14H18N2O4/c15-13(9-3-5-18-6-4-9)14(17)16-10-1-2-11-12(7-10)20-8-19-11/h1-2,7,9,13H,3-6,8,15H2,(H,16,17). The Balaban J connectivity index is 1.63. The third-order valence-corrected chi connectivity index (χ3v) is 3.72. The molecule has 0 spiro atoms. The van der Waals surface area contributed by atoms with E-state index in [4.69, 9.17) is 19.9 Å². The highest BCUT2D eigenvalue weighted by molar-refractivity contribution is 5.95. The highest BCUT2D eigenvalue weighted by Crippen LogP contribution is 2.34. The Kier molecular flexibility index (Phi) is 3.75. The van der Waals surface area contributed by atoms with Crippen molar-refractivity contribution in [3.8, 4) is 11.5 Å². The van der Waals surface area contributed by atoms with Crippen LogP contribution in [0.25, 0.3) is 0 Å². The van der Waals surface area contributed by atoms with Crippen LogP contribution in [0.15, 0.2) is 18.2 Å². The van der Waals surface area contributed by atoms with Crippen LogP contribution in [0.1, 0.15) is 12.8 Å². The zero-order valence-electron chi connectivity index (χ0n) is 11.1. The lowest BCUT2D eigenvalue weighted by molar-refractivity contribution is -0.119. The molecule has 1 fully saturated rings. The van der Waals surface area contributed by atoms with Gasteiger partial charge in [-0.3, -0.25) is 4.79 Å². The number of anilines is 1. The minimum atomic E-state index is -0.510. The fourth-order valence-electron chi connectivity index (χ4n) is 2.49. The molecule has 2 heterocycles. The van der Waals surface area contributed by atoms with Crippen LogP contribution in [-0.2, 0) is 9.53 Å². The predicted octanol–water partition coefficient (Wildman–Crippen LogP) is 1.11. The van der Waals surface area contributed by atoms with E-state index in [9.17, 15) is 4.79 Å². The maximum Gasteiger partial charge on any atom is 0.241 e. The number of fused-ring (bicyclic) bond motifs is 1. The van der Waals surface area contributed by atoms with Gasteiger partial charge in [-0.15, -0.1) is 0 Å². The maximum atomic E-state index is 12.2. The Labute approximate surface area is 117 Å². The second kappa shape index (κ2) is 5.68. The van der Waals surface area contributed by atoms with Crippen molar-refractivity contribution in [2.45, 2.75) is 18.9 Å². The largest absolute Gasteiger partial charge is 0.454 e. The fraction of sp³-hybridized carbons (Fsp3) is 0.500. The molecule has 6 heteroatoms. The first-order chi connectivity index (χ1) is 9.74. The van der Waals surface area contributed by atoms with Gasteiger partial charge < -0.3 is 25.3 Å². The van der Waals surface area contributed by atoms with Crippen LogP contribution in [0.2, 0.25) is 0 Å². The number of rotatable bonds is 3. The predicted molar refractivity (Wildman–Crippen MR) is 72.7 cm³/mol. The zero-order chi connectivity index (χ0) is 13.9. The molecule has 6 nitrogen and oxygen atoms in total. The number of carbonyl (C=O) groups excluding carboxylic acids is 1. The molecule has 1 amide bonds. The van der Waals surface area contributed by atoms with E-state index >= 15 is 0 Å². The molecule has 0 bridgehead atoms. The lowest BCUT2D eigenvalue weighted by Crippen LogP contribution is -2.43. The van der Waals surface area contributed by atoms with Gasteiger partial charge >= 0.3 is 0 Å². The summed E-state index contributed by atoms with van der Waals surface area (Å²) in [5.41, 5.74) is 6.70. The monoisotopic (exact) mass is 278 g/mol. The molecule has 3 rings (SSSR count). The summed E-state index contributed by atoms with van der Waals surface area (Å²) in [6.45, 7) is 1.57. The number of benzene rings is 1. The average molecular weight is 278 g/mol. The molecule has 0 saturated carbocycles. The Morgan fingerprint density at radius 3 is 2.80 bits per heavy atom. The van der Waals surface area contributed by atoms with Gasteiger partial charge in [0.15, 0.2) is 11.5 Å². The van der Waals surface area contributed by atoms with Gasteiger partial charge in [-0.05, 0) is 30.9 Å². The lowest BCUT2D eigenvalue weighted by Gasteiger charge is -2.26. The molecular formula is C14H18N2O4. The molecule has 20 heavy (non-hydrogen) atoms. The second-order valence-electron chi connectivity index (χ2n) is 5.03. The van der Waals surface area contributed by atoms with Crippen molar-refractivity contribution in [2.75, 3.05) is 25.3 Å². The topological polar surface area (TPSA) is 82.8 Å². The number of carbonyl (C=O) groups is 1. The molecule has 2 aliphatic rings. The van der Waals surface area contributed by atoms with Gasteiger partial charge in [-0.2, -0.15) is 0 Å². The third-order valence-electron chi connectivity index (χ3n) is 3.72. The number of ether oxygens (including phenoxy) is 3. The van der Waals surface area contributed by atoms with Crippen molar-refractivity contribution < 1.29 is 19.0 Å². The molecular weight excluding hydrogens is 260 g/mol. The van der Waals surface area contributed by atoms with E-state index in [1.807, 2.05) is 0 Å². The highest BCUT2D eigenvalue weighted by Gasteiger charge is 2.26. The van der Waals surface area contributed by atoms with Crippen molar-refractivity contribution in [3.05, 3.63) is 18.2 Å². The quantitative estimate of drug-likeness (QED) is 0.865. The third kappa shape index (κ3) is 2.71. The first-order valence-corrected chi connectivity index (χ1v) is 6.78. The SMILES string of the molecule is NC(C(=O)Nc1ccc2c(c1)OCO2)C1CCOCC1. The minimum Gasteiger partial charge on any atom is -0.454 e. The van der Waals surface area contributed by atoms with Crippen LogP contribution in [0, 0.1) is 5.92 Å². The van der Waals surface area contributed by atoms with E-state index < -0.39 is 6.04 Å². The van der Waals surface area contributed by atoms with E-state index in [-0.39, 0.29) is 18.6 Å². The van der Waals surface area contributed by atoms with E-state index in [0.29, 0.717) is 30.4 Å². The van der Waals surface area contributed by atoms with Crippen LogP contribution in [-0.4, -0.2) is 32.0 Å². The molecule has 1 aromatic carbocycles. The Morgan fingerprint density at radius 1 is 1.25 bits per heavy atom. The van der Waals surface area contributed by atoms with E-state index in [1.54, 1.807) is 18.2 Å². The molecule has 1 saturated heterocycles. The van der Waals surface area contributed by atoms with Gasteiger partial charge in [-0.25, -0.2) is 0 Å². The molecule has 1 aromatic rings. The Morgan fingerprint density at radius 2 is 2.00 bits per heavy atom. The van der Waals surface area contributed by atoms with Crippen molar-refractivity contribution in [1.82, 2.24) is 0 Å². The zero-order valence-corrected chi connectivity index (χ0v) is 11.1. The summed E-state index contributed by atoms with van der Waals surface area (Å²) >= 11 is 0. The van der Waals surface area contributed by atoms with Gasteiger partial charge in [0, 0.05) is 25.0 Å². The highest BCUT2D eigenvalue weighted by atomic mass is 16.7. The average Bonchev–Trinajstić information content (AvgIpc) is 2.95. The van der Waals surface area contributed by atoms with Gasteiger partial charge in [0.25, 0.3) is 0 Å². The fourth-order valence-corrected chi connectivity index (χ4v) is 2.49. The molecule has 0 radical (unpaired) electrons. The van der Waals surface area contributed by atoms with E-state index in [2.05, 4.69) is 5.32 Å². The smallest absolute Gasteiger partial charge is 0.241 e. The number of hydrogen-bond acceptors (Lipinski definition) is 5. The van der Waals surface area contributed by atoms with Gasteiger partial charge in [0.05, 0.1) is 6.04 Å². The summed E-state index contributed by atoms with van der Waals surface area (Å²) in [4.78, 5) is 12.2. The first-order valence-electron chi connectivity index (χ1n) is 6.78. The Hall–Kier alpha value is -1.79. The molecule has 0 aromatic heterocycles. The summed E-state index contributed by atoms with van der Waals surface area (Å²) in [7, 11) is 0. The molecule has 108 valence electrons. The molecule has 1 atom stereocenters. The molecule has 3 N–H and O–H groups in total. The van der Waals surface area contributed by atoms with Crippen molar-refractivity contribution in [3.63, 3.8) is 0 Å². The second-order valence-corrected chi connectivity index (χ2v) is 5.03. The van der Waals surface area contributed by atoms with Gasteiger partial charge in [0.1, 0.15) is 0 Å². The summed E-state index contributed by atoms with van der Waals surface area (Å²) in [6.07, 6.45) is 1.66. The van der Waals surface area contributed by atoms with Crippen molar-refractivity contribution in [1.29, 1.82) is 0 Å². The molecule has 1 unspecified atom stereocenters. The van der Waals surface area contributed by atoms with E-state index in [1.165, 1.54) is 0 Å². The molecule has 2 aliphatic heterocycles. The molecule has 0 aliphatic carbocycles. The van der Waals surface area contributed by atoms with Crippen LogP contribution in [0.5, 0.6) is 11.5 Å². The number of amides is 1. The minimum absolute atomic E-state index is 0.171. The lowest BCUT2D eigenvalue weighted by atomic mass is 9.92. The normalized spacial score (nSPS) is 19.6. The van der Waals surface area contributed by atoms with Crippen LogP contribution >= 0.6 is 0 Å². The van der Waals surface area contributed by atoms with E-state index in [0.717, 1.165) is 12.8 Å².